The summed E-state index contributed by atoms with van der Waals surface area (Å²) >= 11 is 3.33. The fourth-order valence-electron chi connectivity index (χ4n) is 1.89. The highest BCUT2D eigenvalue weighted by Crippen LogP contribution is 2.17. The highest BCUT2D eigenvalue weighted by atomic mass is 79.9. The van der Waals surface area contributed by atoms with Crippen molar-refractivity contribution in [1.29, 1.82) is 0 Å². The summed E-state index contributed by atoms with van der Waals surface area (Å²) in [6, 6.07) is 13.6. The van der Waals surface area contributed by atoms with Gasteiger partial charge in [-0.3, -0.25) is 4.79 Å². The van der Waals surface area contributed by atoms with E-state index < -0.39 is 12.1 Å². The maximum Gasteiger partial charge on any atom is 0.337 e. The molecule has 2 rings (SSSR count). The van der Waals surface area contributed by atoms with E-state index in [1.807, 2.05) is 12.1 Å². The van der Waals surface area contributed by atoms with Crippen molar-refractivity contribution in [2.24, 2.45) is 0 Å². The molecule has 0 radical (unpaired) electrons. The minimum Gasteiger partial charge on any atom is -0.483 e. The second kappa shape index (κ2) is 7.22. The van der Waals surface area contributed by atoms with Crippen molar-refractivity contribution >= 4 is 27.7 Å². The van der Waals surface area contributed by atoms with E-state index in [0.29, 0.717) is 16.9 Å². The van der Waals surface area contributed by atoms with Crippen molar-refractivity contribution < 1.29 is 19.1 Å². The van der Waals surface area contributed by atoms with Crippen molar-refractivity contribution in [3.05, 3.63) is 64.1 Å². The van der Waals surface area contributed by atoms with Crippen LogP contribution in [0.2, 0.25) is 0 Å². The van der Waals surface area contributed by atoms with Crippen molar-refractivity contribution in [3.63, 3.8) is 0 Å². The van der Waals surface area contributed by atoms with Crippen LogP contribution in [0.3, 0.4) is 0 Å². The Morgan fingerprint density at radius 1 is 0.955 bits per heavy atom. The average molecular weight is 363 g/mol. The molecule has 1 atom stereocenters. The van der Waals surface area contributed by atoms with Crippen LogP contribution in [0.1, 0.15) is 27.6 Å². The first kappa shape index (κ1) is 16.2. The third kappa shape index (κ3) is 3.95. The van der Waals surface area contributed by atoms with Crippen LogP contribution >= 0.6 is 15.9 Å². The Balaban J connectivity index is 2.05. The molecule has 0 spiro atoms. The molecule has 22 heavy (non-hydrogen) atoms. The third-order valence-electron chi connectivity index (χ3n) is 3.09. The van der Waals surface area contributed by atoms with Crippen LogP contribution in [0, 0.1) is 0 Å². The van der Waals surface area contributed by atoms with Gasteiger partial charge in [0.25, 0.3) is 0 Å². The minimum atomic E-state index is -0.620. The van der Waals surface area contributed by atoms with Gasteiger partial charge in [-0.25, -0.2) is 4.79 Å². The van der Waals surface area contributed by atoms with Crippen LogP contribution in [0.15, 0.2) is 53.0 Å². The third-order valence-corrected chi connectivity index (χ3v) is 3.61. The number of hydrogen-bond donors (Lipinski definition) is 0. The van der Waals surface area contributed by atoms with Gasteiger partial charge in [-0.15, -0.1) is 0 Å². The number of esters is 1. The van der Waals surface area contributed by atoms with Gasteiger partial charge in [0, 0.05) is 10.0 Å². The molecular formula is C17H15BrO4. The summed E-state index contributed by atoms with van der Waals surface area (Å²) in [4.78, 5) is 23.6. The van der Waals surface area contributed by atoms with Gasteiger partial charge in [0.05, 0.1) is 12.7 Å². The van der Waals surface area contributed by atoms with Gasteiger partial charge in [0.2, 0.25) is 5.78 Å². The zero-order chi connectivity index (χ0) is 16.1. The predicted molar refractivity (Wildman–Crippen MR) is 86.3 cm³/mol. The zero-order valence-corrected chi connectivity index (χ0v) is 13.8. The molecule has 0 heterocycles. The Morgan fingerprint density at radius 3 is 2.05 bits per heavy atom. The van der Waals surface area contributed by atoms with Crippen molar-refractivity contribution in [2.75, 3.05) is 7.11 Å². The predicted octanol–water partition coefficient (Wildman–Crippen LogP) is 3.89. The van der Waals surface area contributed by atoms with E-state index in [1.165, 1.54) is 7.11 Å². The van der Waals surface area contributed by atoms with E-state index in [9.17, 15) is 9.59 Å². The highest BCUT2D eigenvalue weighted by molar-refractivity contribution is 9.10. The van der Waals surface area contributed by atoms with Crippen LogP contribution in [0.4, 0.5) is 0 Å². The minimum absolute atomic E-state index is 0.107. The molecule has 0 saturated heterocycles. The smallest absolute Gasteiger partial charge is 0.337 e. The number of halogens is 1. The Bertz CT molecular complexity index is 662. The summed E-state index contributed by atoms with van der Waals surface area (Å²) in [6.45, 7) is 1.69. The summed E-state index contributed by atoms with van der Waals surface area (Å²) < 4.78 is 11.2. The summed E-state index contributed by atoms with van der Waals surface area (Å²) in [5.41, 5.74) is 1.02. The van der Waals surface area contributed by atoms with E-state index in [4.69, 9.17) is 4.74 Å². The molecular weight excluding hydrogens is 348 g/mol. The summed E-state index contributed by atoms with van der Waals surface area (Å²) in [7, 11) is 1.33. The molecule has 0 fully saturated rings. The molecule has 0 bridgehead atoms. The van der Waals surface area contributed by atoms with E-state index in [2.05, 4.69) is 20.7 Å². The maximum atomic E-state index is 12.3. The molecule has 5 heteroatoms. The Kier molecular flexibility index (Phi) is 5.33. The number of carbonyl (C=O) groups is 2. The quantitative estimate of drug-likeness (QED) is 0.598. The molecule has 0 aromatic heterocycles. The fourth-order valence-corrected chi connectivity index (χ4v) is 2.16. The highest BCUT2D eigenvalue weighted by Gasteiger charge is 2.17. The van der Waals surface area contributed by atoms with Gasteiger partial charge in [-0.1, -0.05) is 28.1 Å². The van der Waals surface area contributed by atoms with Crippen LogP contribution < -0.4 is 4.74 Å². The summed E-state index contributed by atoms with van der Waals surface area (Å²) in [6.07, 6.45) is -0.620. The average Bonchev–Trinajstić information content (AvgIpc) is 2.54. The van der Waals surface area contributed by atoms with Crippen molar-refractivity contribution in [1.82, 2.24) is 0 Å². The monoisotopic (exact) mass is 362 g/mol. The van der Waals surface area contributed by atoms with E-state index in [1.54, 1.807) is 43.3 Å². The molecule has 0 N–H and O–H groups in total. The molecule has 0 amide bonds. The molecule has 2 aromatic carbocycles. The number of hydrogen-bond acceptors (Lipinski definition) is 4. The lowest BCUT2D eigenvalue weighted by Gasteiger charge is -2.14. The summed E-state index contributed by atoms with van der Waals surface area (Å²) in [5, 5.41) is 0. The SMILES string of the molecule is COC(=O)c1ccc(O[C@H](C)C(=O)c2ccc(Br)cc2)cc1. The first-order valence-electron chi connectivity index (χ1n) is 6.66. The maximum absolute atomic E-state index is 12.3. The second-order valence-electron chi connectivity index (χ2n) is 4.65. The van der Waals surface area contributed by atoms with E-state index in [0.717, 1.165) is 4.47 Å². The van der Waals surface area contributed by atoms with Gasteiger partial charge in [-0.2, -0.15) is 0 Å². The Hall–Kier alpha value is -2.14. The normalized spacial score (nSPS) is 11.6. The van der Waals surface area contributed by atoms with Crippen molar-refractivity contribution in [3.8, 4) is 5.75 Å². The molecule has 0 aliphatic carbocycles. The molecule has 0 unspecified atom stereocenters. The first-order chi connectivity index (χ1) is 10.5. The largest absolute Gasteiger partial charge is 0.483 e. The Morgan fingerprint density at radius 2 is 1.50 bits per heavy atom. The number of ether oxygens (including phenoxy) is 2. The van der Waals surface area contributed by atoms with Crippen LogP contribution in [0.5, 0.6) is 5.75 Å². The number of benzene rings is 2. The molecule has 2 aromatic rings. The topological polar surface area (TPSA) is 52.6 Å². The lowest BCUT2D eigenvalue weighted by atomic mass is 10.1. The number of methoxy groups -OCH3 is 1. The van der Waals surface area contributed by atoms with Crippen LogP contribution in [-0.4, -0.2) is 25.0 Å². The molecule has 0 saturated carbocycles. The number of ketones is 1. The van der Waals surface area contributed by atoms with E-state index in [-0.39, 0.29) is 5.78 Å². The summed E-state index contributed by atoms with van der Waals surface area (Å²) in [5.74, 6) is 0.000645. The number of rotatable bonds is 5. The molecule has 4 nitrogen and oxygen atoms in total. The number of Topliss-reactive ketones (excluding diaryl/α,β-unsaturated/α-hetero) is 1. The lowest BCUT2D eigenvalue weighted by molar-refractivity contribution is 0.0600. The van der Waals surface area contributed by atoms with Gasteiger partial charge in [-0.05, 0) is 43.3 Å². The van der Waals surface area contributed by atoms with Gasteiger partial charge < -0.3 is 9.47 Å². The number of carbonyl (C=O) groups excluding carboxylic acids is 2. The fraction of sp³-hybridized carbons (Fsp3) is 0.176. The molecule has 0 aliphatic rings. The lowest BCUT2D eigenvalue weighted by Crippen LogP contribution is -2.23. The van der Waals surface area contributed by atoms with Crippen LogP contribution in [-0.2, 0) is 4.74 Å². The van der Waals surface area contributed by atoms with Crippen LogP contribution in [0.25, 0.3) is 0 Å². The standard InChI is InChI=1S/C17H15BrO4/c1-11(16(19)12-3-7-14(18)8-4-12)22-15-9-5-13(6-10-15)17(20)21-2/h3-11H,1-2H3/t11-/m1/s1. The second-order valence-corrected chi connectivity index (χ2v) is 5.56. The van der Waals surface area contributed by atoms with Gasteiger partial charge in [0.15, 0.2) is 6.10 Å². The molecule has 0 aliphatic heterocycles. The van der Waals surface area contributed by atoms with Gasteiger partial charge >= 0.3 is 5.97 Å². The van der Waals surface area contributed by atoms with Crippen molar-refractivity contribution in [2.45, 2.75) is 13.0 Å². The van der Waals surface area contributed by atoms with Gasteiger partial charge in [0.1, 0.15) is 5.75 Å². The zero-order valence-electron chi connectivity index (χ0n) is 12.2. The van der Waals surface area contributed by atoms with E-state index >= 15 is 0 Å². The first-order valence-corrected chi connectivity index (χ1v) is 7.45. The Labute approximate surface area is 137 Å². The molecule has 114 valence electrons.